The highest BCUT2D eigenvalue weighted by Gasteiger charge is 2.35. The number of nitrogens with zero attached hydrogens (tertiary/aromatic N) is 1. The van der Waals surface area contributed by atoms with Gasteiger partial charge < -0.3 is 24.4 Å². The lowest BCUT2D eigenvalue weighted by Crippen LogP contribution is -2.26. The molecule has 3 aromatic carbocycles. The number of ether oxygens (including phenoxy) is 3. The Kier molecular flexibility index (Phi) is 5.19. The van der Waals surface area contributed by atoms with Crippen LogP contribution in [0, 0.1) is 11.3 Å². The van der Waals surface area contributed by atoms with Gasteiger partial charge in [0.2, 0.25) is 5.88 Å². The summed E-state index contributed by atoms with van der Waals surface area (Å²) in [5.74, 6) is 0.798. The van der Waals surface area contributed by atoms with Crippen molar-refractivity contribution in [1.29, 1.82) is 5.26 Å². The Labute approximate surface area is 195 Å². The number of benzene rings is 3. The number of fused-ring (bicyclic) bond motifs is 3. The third kappa shape index (κ3) is 3.33. The Balaban J connectivity index is 1.78. The second-order valence-corrected chi connectivity index (χ2v) is 7.74. The second-order valence-electron chi connectivity index (χ2n) is 7.74. The molecule has 0 saturated carbocycles. The van der Waals surface area contributed by atoms with Crippen molar-refractivity contribution in [3.8, 4) is 34.4 Å². The summed E-state index contributed by atoms with van der Waals surface area (Å²) in [5.41, 5.74) is 8.63. The largest absolute Gasteiger partial charge is 0.497 e. The maximum atomic E-state index is 13.1. The van der Waals surface area contributed by atoms with Crippen LogP contribution in [0.25, 0.3) is 22.1 Å². The standard InChI is InChI=1S/C27H20N2O5/c1-31-17-7-5-6-15(12-17)19-13-16(10-11-21(19)32-2)23-20(14-28)26(29)34-25-18-8-3-4-9-22(18)33-27(30)24(23)25/h3-13,23H,29H2,1-2H3. The average molecular weight is 452 g/mol. The first kappa shape index (κ1) is 21.2. The molecule has 5 rings (SSSR count). The molecule has 1 aliphatic heterocycles. The van der Waals surface area contributed by atoms with Crippen LogP contribution < -0.4 is 25.6 Å². The van der Waals surface area contributed by atoms with Gasteiger partial charge in [0, 0.05) is 5.56 Å². The van der Waals surface area contributed by atoms with E-state index in [4.69, 9.17) is 24.4 Å². The topological polar surface area (TPSA) is 108 Å². The molecule has 168 valence electrons. The maximum absolute atomic E-state index is 13.1. The van der Waals surface area contributed by atoms with Crippen molar-refractivity contribution in [1.82, 2.24) is 0 Å². The molecule has 1 unspecified atom stereocenters. The summed E-state index contributed by atoms with van der Waals surface area (Å²) in [6.45, 7) is 0. The van der Waals surface area contributed by atoms with Gasteiger partial charge in [-0.05, 0) is 47.5 Å². The van der Waals surface area contributed by atoms with Crippen molar-refractivity contribution in [2.24, 2.45) is 5.73 Å². The molecule has 0 bridgehead atoms. The Hall–Kier alpha value is -4.70. The number of nitrogens with two attached hydrogens (primary N) is 1. The van der Waals surface area contributed by atoms with Crippen LogP contribution in [0.15, 0.2) is 87.4 Å². The number of methoxy groups -OCH3 is 2. The third-order valence-corrected chi connectivity index (χ3v) is 5.91. The van der Waals surface area contributed by atoms with Crippen LogP contribution in [0.1, 0.15) is 17.0 Å². The lowest BCUT2D eigenvalue weighted by molar-refractivity contribution is 0.388. The minimum Gasteiger partial charge on any atom is -0.497 e. The Morgan fingerprint density at radius 3 is 2.59 bits per heavy atom. The van der Waals surface area contributed by atoms with Gasteiger partial charge in [-0.1, -0.05) is 30.3 Å². The highest BCUT2D eigenvalue weighted by molar-refractivity contribution is 5.86. The molecule has 7 nitrogen and oxygen atoms in total. The van der Waals surface area contributed by atoms with E-state index in [2.05, 4.69) is 6.07 Å². The van der Waals surface area contributed by atoms with Crippen molar-refractivity contribution < 1.29 is 18.6 Å². The Morgan fingerprint density at radius 1 is 1.00 bits per heavy atom. The van der Waals surface area contributed by atoms with Gasteiger partial charge in [-0.2, -0.15) is 5.26 Å². The monoisotopic (exact) mass is 452 g/mol. The summed E-state index contributed by atoms with van der Waals surface area (Å²) in [6.07, 6.45) is 0. The fraction of sp³-hybridized carbons (Fsp3) is 0.111. The molecular formula is C27H20N2O5. The Bertz CT molecular complexity index is 1560. The average Bonchev–Trinajstić information content (AvgIpc) is 2.87. The molecule has 34 heavy (non-hydrogen) atoms. The molecule has 0 amide bonds. The van der Waals surface area contributed by atoms with E-state index in [9.17, 15) is 10.1 Å². The summed E-state index contributed by atoms with van der Waals surface area (Å²) < 4.78 is 22.3. The zero-order chi connectivity index (χ0) is 23.8. The van der Waals surface area contributed by atoms with E-state index >= 15 is 0 Å². The molecular weight excluding hydrogens is 432 g/mol. The van der Waals surface area contributed by atoms with Gasteiger partial charge >= 0.3 is 5.63 Å². The van der Waals surface area contributed by atoms with Gasteiger partial charge in [-0.15, -0.1) is 0 Å². The minimum atomic E-state index is -0.773. The molecule has 7 heteroatoms. The highest BCUT2D eigenvalue weighted by Crippen LogP contribution is 2.45. The molecule has 1 aliphatic rings. The molecule has 1 atom stereocenters. The number of hydrogen-bond acceptors (Lipinski definition) is 7. The van der Waals surface area contributed by atoms with E-state index in [0.717, 1.165) is 11.1 Å². The minimum absolute atomic E-state index is 0.0468. The van der Waals surface area contributed by atoms with Gasteiger partial charge in [0.25, 0.3) is 0 Å². The molecule has 0 spiro atoms. The maximum Gasteiger partial charge on any atom is 0.344 e. The molecule has 1 aromatic heterocycles. The van der Waals surface area contributed by atoms with Crippen molar-refractivity contribution >= 4 is 11.0 Å². The van der Waals surface area contributed by atoms with Crippen LogP contribution in [-0.4, -0.2) is 14.2 Å². The zero-order valence-electron chi connectivity index (χ0n) is 18.5. The zero-order valence-corrected chi connectivity index (χ0v) is 18.5. The van der Waals surface area contributed by atoms with Gasteiger partial charge in [0.05, 0.1) is 31.1 Å². The van der Waals surface area contributed by atoms with Crippen molar-refractivity contribution in [3.63, 3.8) is 0 Å². The predicted molar refractivity (Wildman–Crippen MR) is 127 cm³/mol. The normalized spacial score (nSPS) is 14.8. The lowest BCUT2D eigenvalue weighted by atomic mass is 9.82. The first-order chi connectivity index (χ1) is 16.5. The van der Waals surface area contributed by atoms with E-state index in [-0.39, 0.29) is 17.0 Å². The summed E-state index contributed by atoms with van der Waals surface area (Å²) in [4.78, 5) is 13.1. The smallest absolute Gasteiger partial charge is 0.344 e. The predicted octanol–water partition coefficient (Wildman–Crippen LogP) is 4.70. The Morgan fingerprint density at radius 2 is 1.82 bits per heavy atom. The van der Waals surface area contributed by atoms with Crippen molar-refractivity contribution in [2.75, 3.05) is 14.2 Å². The van der Waals surface area contributed by atoms with E-state index in [1.165, 1.54) is 0 Å². The van der Waals surface area contributed by atoms with Gasteiger partial charge in [-0.25, -0.2) is 4.79 Å². The quantitative estimate of drug-likeness (QED) is 0.447. The lowest BCUT2D eigenvalue weighted by Gasteiger charge is -2.26. The van der Waals surface area contributed by atoms with E-state index in [1.807, 2.05) is 42.5 Å². The first-order valence-corrected chi connectivity index (χ1v) is 10.5. The van der Waals surface area contributed by atoms with Crippen LogP contribution in [0.3, 0.4) is 0 Å². The van der Waals surface area contributed by atoms with Crippen LogP contribution in [0.2, 0.25) is 0 Å². The molecule has 0 radical (unpaired) electrons. The SMILES string of the molecule is COc1cccc(-c2cc(C3C(C#N)=C(N)Oc4c3c(=O)oc3ccccc43)ccc2OC)c1. The van der Waals surface area contributed by atoms with E-state index in [0.29, 0.717) is 33.8 Å². The van der Waals surface area contributed by atoms with Crippen LogP contribution in [-0.2, 0) is 0 Å². The van der Waals surface area contributed by atoms with Gasteiger partial charge in [-0.3, -0.25) is 0 Å². The number of rotatable bonds is 4. The summed E-state index contributed by atoms with van der Waals surface area (Å²) in [5, 5.41) is 10.5. The molecule has 4 aromatic rings. The highest BCUT2D eigenvalue weighted by atomic mass is 16.5. The molecule has 0 aliphatic carbocycles. The van der Waals surface area contributed by atoms with Crippen LogP contribution >= 0.6 is 0 Å². The number of nitriles is 1. The molecule has 0 fully saturated rings. The van der Waals surface area contributed by atoms with Gasteiger partial charge in [0.1, 0.15) is 28.7 Å². The second kappa shape index (κ2) is 8.34. The third-order valence-electron chi connectivity index (χ3n) is 5.91. The molecule has 2 heterocycles. The van der Waals surface area contributed by atoms with Crippen molar-refractivity contribution in [2.45, 2.75) is 5.92 Å². The van der Waals surface area contributed by atoms with Gasteiger partial charge in [0.15, 0.2) is 5.75 Å². The van der Waals surface area contributed by atoms with E-state index in [1.54, 1.807) is 38.5 Å². The van der Waals surface area contributed by atoms with Crippen molar-refractivity contribution in [3.05, 3.63) is 99.7 Å². The van der Waals surface area contributed by atoms with Crippen LogP contribution in [0.5, 0.6) is 17.2 Å². The summed E-state index contributed by atoms with van der Waals surface area (Å²) in [7, 11) is 3.18. The molecule has 2 N–H and O–H groups in total. The summed E-state index contributed by atoms with van der Waals surface area (Å²) in [6, 6.07) is 22.2. The summed E-state index contributed by atoms with van der Waals surface area (Å²) >= 11 is 0. The number of para-hydroxylation sites is 1. The first-order valence-electron chi connectivity index (χ1n) is 10.5. The fourth-order valence-corrected chi connectivity index (χ4v) is 4.32. The molecule has 0 saturated heterocycles. The van der Waals surface area contributed by atoms with Crippen LogP contribution in [0.4, 0.5) is 0 Å². The van der Waals surface area contributed by atoms with E-state index < -0.39 is 11.5 Å². The fourth-order valence-electron chi connectivity index (χ4n) is 4.32. The number of allylic oxidation sites excluding steroid dienone is 1. The number of hydrogen-bond donors (Lipinski definition) is 1.